The topological polar surface area (TPSA) is 71.4 Å². The Bertz CT molecular complexity index is 520. The van der Waals surface area contributed by atoms with E-state index < -0.39 is 21.1 Å². The van der Waals surface area contributed by atoms with E-state index in [0.717, 1.165) is 5.56 Å². The third-order valence-electron chi connectivity index (χ3n) is 2.71. The van der Waals surface area contributed by atoms with E-state index in [-0.39, 0.29) is 12.2 Å². The van der Waals surface area contributed by atoms with Crippen LogP contribution in [0.15, 0.2) is 24.3 Å². The van der Waals surface area contributed by atoms with Crippen LogP contribution in [0.4, 0.5) is 0 Å². The van der Waals surface area contributed by atoms with Crippen LogP contribution < -0.4 is 0 Å². The molecule has 0 aromatic heterocycles. The van der Waals surface area contributed by atoms with Crippen molar-refractivity contribution < 1.29 is 18.3 Å². The first-order chi connectivity index (χ1) is 8.36. The van der Waals surface area contributed by atoms with Crippen molar-refractivity contribution >= 4 is 15.8 Å². The molecule has 1 aromatic rings. The monoisotopic (exact) mass is 270 g/mol. The molecule has 0 aliphatic heterocycles. The number of carboxylic acid groups (broad SMARTS) is 1. The van der Waals surface area contributed by atoms with E-state index >= 15 is 0 Å². The summed E-state index contributed by atoms with van der Waals surface area (Å²) in [4.78, 5) is 11.0. The molecule has 0 spiro atoms. The Hall–Kier alpha value is -1.36. The molecule has 4 nitrogen and oxygen atoms in total. The maximum absolute atomic E-state index is 12.1. The second kappa shape index (κ2) is 6.00. The van der Waals surface area contributed by atoms with E-state index in [1.54, 1.807) is 25.1 Å². The molecule has 18 heavy (non-hydrogen) atoms. The van der Waals surface area contributed by atoms with Crippen LogP contribution in [0.3, 0.4) is 0 Å². The Morgan fingerprint density at radius 1 is 1.39 bits per heavy atom. The highest BCUT2D eigenvalue weighted by Gasteiger charge is 2.31. The lowest BCUT2D eigenvalue weighted by molar-refractivity contribution is -0.136. The average molecular weight is 270 g/mol. The Kier molecular flexibility index (Phi) is 4.90. The molecule has 0 bridgehead atoms. The number of hydrogen-bond acceptors (Lipinski definition) is 3. The normalized spacial score (nSPS) is 13.2. The molecule has 0 fully saturated rings. The molecule has 1 rings (SSSR count). The van der Waals surface area contributed by atoms with E-state index in [1.165, 1.54) is 0 Å². The molecule has 0 aliphatic rings. The predicted molar refractivity (Wildman–Crippen MR) is 70.1 cm³/mol. The highest BCUT2D eigenvalue weighted by molar-refractivity contribution is 7.92. The molecule has 0 aliphatic carbocycles. The van der Waals surface area contributed by atoms with Crippen molar-refractivity contribution in [1.82, 2.24) is 0 Å². The molecule has 100 valence electrons. The minimum absolute atomic E-state index is 0.156. The quantitative estimate of drug-likeness (QED) is 0.860. The van der Waals surface area contributed by atoms with Gasteiger partial charge in [0.25, 0.3) is 0 Å². The van der Waals surface area contributed by atoms with E-state index in [2.05, 4.69) is 0 Å². The minimum atomic E-state index is -3.65. The molecule has 1 unspecified atom stereocenters. The van der Waals surface area contributed by atoms with Gasteiger partial charge in [-0.25, -0.2) is 8.42 Å². The lowest BCUT2D eigenvalue weighted by atomic mass is 10.2. The fourth-order valence-electron chi connectivity index (χ4n) is 1.85. The first-order valence-electron chi connectivity index (χ1n) is 5.86. The Balaban J connectivity index is 2.96. The van der Waals surface area contributed by atoms with Gasteiger partial charge in [0.2, 0.25) is 0 Å². The van der Waals surface area contributed by atoms with Gasteiger partial charge in [-0.1, -0.05) is 43.2 Å². The van der Waals surface area contributed by atoms with Gasteiger partial charge in [-0.2, -0.15) is 0 Å². The van der Waals surface area contributed by atoms with Gasteiger partial charge in [0.1, 0.15) is 0 Å². The first-order valence-corrected chi connectivity index (χ1v) is 7.58. The summed E-state index contributed by atoms with van der Waals surface area (Å²) in [6.07, 6.45) is 0.688. The molecule has 1 aromatic carbocycles. The van der Waals surface area contributed by atoms with Gasteiger partial charge in [-0.05, 0) is 18.9 Å². The molecule has 1 N–H and O–H groups in total. The summed E-state index contributed by atoms with van der Waals surface area (Å²) in [6, 6.07) is 7.12. The van der Waals surface area contributed by atoms with Gasteiger partial charge in [0.05, 0.1) is 5.75 Å². The van der Waals surface area contributed by atoms with Crippen LogP contribution in [0, 0.1) is 6.92 Å². The second-order valence-corrected chi connectivity index (χ2v) is 6.60. The Labute approximate surface area is 108 Å². The third kappa shape index (κ3) is 3.84. The fraction of sp³-hybridized carbons (Fsp3) is 0.462. The minimum Gasteiger partial charge on any atom is -0.480 e. The summed E-state index contributed by atoms with van der Waals surface area (Å²) in [6.45, 7) is 3.65. The van der Waals surface area contributed by atoms with Crippen LogP contribution in [0.25, 0.3) is 0 Å². The van der Waals surface area contributed by atoms with E-state index in [9.17, 15) is 13.2 Å². The predicted octanol–water partition coefficient (Wildman–Crippen LogP) is 2.16. The smallest absolute Gasteiger partial charge is 0.321 e. The van der Waals surface area contributed by atoms with Crippen LogP contribution in [0.1, 0.15) is 30.9 Å². The van der Waals surface area contributed by atoms with E-state index in [0.29, 0.717) is 12.0 Å². The summed E-state index contributed by atoms with van der Waals surface area (Å²) in [5.41, 5.74) is 1.60. The first kappa shape index (κ1) is 14.7. The van der Waals surface area contributed by atoms with Crippen molar-refractivity contribution in [2.75, 3.05) is 0 Å². The zero-order chi connectivity index (χ0) is 13.8. The summed E-state index contributed by atoms with van der Waals surface area (Å²) in [5.74, 6) is -1.48. The number of benzene rings is 1. The van der Waals surface area contributed by atoms with Crippen molar-refractivity contribution in [1.29, 1.82) is 0 Å². The maximum Gasteiger partial charge on any atom is 0.321 e. The zero-order valence-corrected chi connectivity index (χ0v) is 11.4. The molecule has 0 radical (unpaired) electrons. The molecular weight excluding hydrogens is 252 g/mol. The molecule has 0 amide bonds. The number of carbonyl (C=O) groups is 1. The molecule has 0 heterocycles. The van der Waals surface area contributed by atoms with Gasteiger partial charge in [-0.3, -0.25) is 4.79 Å². The van der Waals surface area contributed by atoms with Gasteiger partial charge < -0.3 is 5.11 Å². The fourth-order valence-corrected chi connectivity index (χ4v) is 3.60. The van der Waals surface area contributed by atoms with Crippen molar-refractivity contribution in [3.63, 3.8) is 0 Å². The van der Waals surface area contributed by atoms with Gasteiger partial charge in [0, 0.05) is 0 Å². The number of aryl methyl sites for hydroxylation is 1. The summed E-state index contributed by atoms with van der Waals surface area (Å²) >= 11 is 0. The van der Waals surface area contributed by atoms with Gasteiger partial charge >= 0.3 is 5.97 Å². The lowest BCUT2D eigenvalue weighted by Crippen LogP contribution is -2.31. The van der Waals surface area contributed by atoms with Crippen LogP contribution in [-0.2, 0) is 20.4 Å². The van der Waals surface area contributed by atoms with Gasteiger partial charge in [-0.15, -0.1) is 0 Å². The summed E-state index contributed by atoms with van der Waals surface area (Å²) in [5, 5.41) is 7.69. The Morgan fingerprint density at radius 3 is 2.56 bits per heavy atom. The van der Waals surface area contributed by atoms with E-state index in [4.69, 9.17) is 5.11 Å². The van der Waals surface area contributed by atoms with Crippen LogP contribution in [-0.4, -0.2) is 24.7 Å². The standard InChI is InChI=1S/C13H18O4S/c1-3-5-12(13(14)15)18(16,17)9-11-7-4-6-10(2)8-11/h4,6-8,12H,3,5,9H2,1-2H3,(H,14,15). The van der Waals surface area contributed by atoms with Gasteiger partial charge in [0.15, 0.2) is 15.1 Å². The molecule has 0 saturated heterocycles. The molecular formula is C13H18O4S. The molecule has 5 heteroatoms. The van der Waals surface area contributed by atoms with Crippen LogP contribution in [0.2, 0.25) is 0 Å². The largest absolute Gasteiger partial charge is 0.480 e. The number of aliphatic carboxylic acids is 1. The van der Waals surface area contributed by atoms with Crippen molar-refractivity contribution in [2.45, 2.75) is 37.7 Å². The van der Waals surface area contributed by atoms with E-state index in [1.807, 2.05) is 13.0 Å². The number of rotatable bonds is 6. The van der Waals surface area contributed by atoms with Crippen LogP contribution in [0.5, 0.6) is 0 Å². The summed E-state index contributed by atoms with van der Waals surface area (Å²) < 4.78 is 24.1. The molecule has 0 saturated carbocycles. The van der Waals surface area contributed by atoms with Crippen molar-refractivity contribution in [3.05, 3.63) is 35.4 Å². The molecule has 1 atom stereocenters. The second-order valence-electron chi connectivity index (χ2n) is 4.41. The average Bonchev–Trinajstić information content (AvgIpc) is 2.24. The summed E-state index contributed by atoms with van der Waals surface area (Å²) in [7, 11) is -3.65. The number of sulfone groups is 1. The Morgan fingerprint density at radius 2 is 2.06 bits per heavy atom. The third-order valence-corrected chi connectivity index (χ3v) is 4.75. The van der Waals surface area contributed by atoms with Crippen LogP contribution >= 0.6 is 0 Å². The number of carboxylic acids is 1. The zero-order valence-electron chi connectivity index (χ0n) is 10.6. The maximum atomic E-state index is 12.1. The highest BCUT2D eigenvalue weighted by atomic mass is 32.2. The van der Waals surface area contributed by atoms with Crippen molar-refractivity contribution in [2.24, 2.45) is 0 Å². The van der Waals surface area contributed by atoms with Crippen molar-refractivity contribution in [3.8, 4) is 0 Å². The lowest BCUT2D eigenvalue weighted by Gasteiger charge is -2.12. The SMILES string of the molecule is CCCC(C(=O)O)S(=O)(=O)Cc1cccc(C)c1. The highest BCUT2D eigenvalue weighted by Crippen LogP contribution is 2.16. The number of hydrogen-bond donors (Lipinski definition) is 1.